The summed E-state index contributed by atoms with van der Waals surface area (Å²) in [4.78, 5) is 27.7. The second kappa shape index (κ2) is 11.5. The Bertz CT molecular complexity index is 1120. The van der Waals surface area contributed by atoms with Crippen molar-refractivity contribution in [2.24, 2.45) is 0 Å². The summed E-state index contributed by atoms with van der Waals surface area (Å²) in [5.74, 6) is -1.43. The molecule has 1 aliphatic rings. The number of carbonyl (C=O) groups is 2. The Hall–Kier alpha value is -2.21. The lowest BCUT2D eigenvalue weighted by atomic mass is 10.1. The van der Waals surface area contributed by atoms with Crippen molar-refractivity contribution in [3.8, 4) is 0 Å². The van der Waals surface area contributed by atoms with Gasteiger partial charge in [-0.25, -0.2) is 12.8 Å². The molecule has 0 bridgehead atoms. The van der Waals surface area contributed by atoms with Crippen LogP contribution in [0.25, 0.3) is 0 Å². The minimum absolute atomic E-state index is 0.0553. The van der Waals surface area contributed by atoms with Crippen LogP contribution in [0.2, 0.25) is 0 Å². The second-order valence-electron chi connectivity index (χ2n) is 8.53. The number of halogens is 2. The van der Waals surface area contributed by atoms with Gasteiger partial charge < -0.3 is 10.2 Å². The lowest BCUT2D eigenvalue weighted by molar-refractivity contribution is -0.139. The fourth-order valence-corrected chi connectivity index (χ4v) is 5.21. The number of anilines is 1. The van der Waals surface area contributed by atoms with Gasteiger partial charge in [-0.2, -0.15) is 0 Å². The van der Waals surface area contributed by atoms with Crippen LogP contribution in [0.15, 0.2) is 48.5 Å². The van der Waals surface area contributed by atoms with Crippen LogP contribution >= 0.6 is 22.6 Å². The van der Waals surface area contributed by atoms with Crippen LogP contribution in [0.5, 0.6) is 0 Å². The summed E-state index contributed by atoms with van der Waals surface area (Å²) in [5, 5.41) is 2.98. The first-order chi connectivity index (χ1) is 16.1. The Morgan fingerprint density at radius 1 is 1.12 bits per heavy atom. The number of hydrogen-bond acceptors (Lipinski definition) is 4. The van der Waals surface area contributed by atoms with Gasteiger partial charge in [-0.1, -0.05) is 31.0 Å². The number of rotatable bonds is 9. The summed E-state index contributed by atoms with van der Waals surface area (Å²) in [6, 6.07) is 11.9. The number of nitrogens with one attached hydrogen (secondary N) is 1. The maximum absolute atomic E-state index is 14.4. The number of hydrogen-bond donors (Lipinski definition) is 1. The molecule has 0 aliphatic heterocycles. The molecule has 2 aromatic carbocycles. The maximum atomic E-state index is 14.4. The summed E-state index contributed by atoms with van der Waals surface area (Å²) < 4.78 is 41.4. The standard InChI is InChI=1S/C24H29FIN3O4S/c1-17(24(31)27-20-8-4-5-9-20)28(15-18-7-3-6-10-22(18)25)23(30)16-29(34(2,32)33)21-13-11-19(26)12-14-21/h3,6-7,10-14,17,20H,4-5,8-9,15-16H2,1-2H3,(H,27,31)/t17-/m1/s1. The zero-order chi connectivity index (χ0) is 24.9. The fraction of sp³-hybridized carbons (Fsp3) is 0.417. The summed E-state index contributed by atoms with van der Waals surface area (Å²) >= 11 is 2.11. The fourth-order valence-electron chi connectivity index (χ4n) is 4.01. The van der Waals surface area contributed by atoms with Gasteiger partial charge in [0.2, 0.25) is 21.8 Å². The molecule has 1 fully saturated rings. The molecule has 1 atom stereocenters. The van der Waals surface area contributed by atoms with Crippen molar-refractivity contribution in [1.29, 1.82) is 0 Å². The Morgan fingerprint density at radius 3 is 2.32 bits per heavy atom. The molecule has 0 radical (unpaired) electrons. The van der Waals surface area contributed by atoms with E-state index in [4.69, 9.17) is 0 Å². The van der Waals surface area contributed by atoms with E-state index in [0.29, 0.717) is 5.69 Å². The van der Waals surface area contributed by atoms with Crippen LogP contribution in [0.1, 0.15) is 38.2 Å². The molecule has 0 aromatic heterocycles. The third-order valence-electron chi connectivity index (χ3n) is 5.96. The average Bonchev–Trinajstić information content (AvgIpc) is 3.29. The molecule has 2 amide bonds. The third kappa shape index (κ3) is 6.91. The van der Waals surface area contributed by atoms with Gasteiger partial charge in [-0.05, 0) is 72.7 Å². The van der Waals surface area contributed by atoms with E-state index in [2.05, 4.69) is 27.9 Å². The predicted octanol–water partition coefficient (Wildman–Crippen LogP) is 3.67. The maximum Gasteiger partial charge on any atom is 0.244 e. The topological polar surface area (TPSA) is 86.8 Å². The Morgan fingerprint density at radius 2 is 1.74 bits per heavy atom. The normalized spacial score (nSPS) is 15.1. The average molecular weight is 601 g/mol. The van der Waals surface area contributed by atoms with Gasteiger partial charge in [0, 0.05) is 21.7 Å². The summed E-state index contributed by atoms with van der Waals surface area (Å²) in [6.45, 7) is 0.919. The molecule has 3 rings (SSSR count). The smallest absolute Gasteiger partial charge is 0.244 e. The van der Waals surface area contributed by atoms with E-state index in [1.54, 1.807) is 49.4 Å². The molecule has 0 saturated heterocycles. The molecule has 0 heterocycles. The van der Waals surface area contributed by atoms with Crippen molar-refractivity contribution >= 4 is 50.1 Å². The van der Waals surface area contributed by atoms with Crippen LogP contribution in [0.3, 0.4) is 0 Å². The number of benzene rings is 2. The Kier molecular flexibility index (Phi) is 8.91. The van der Waals surface area contributed by atoms with E-state index in [1.807, 2.05) is 0 Å². The van der Waals surface area contributed by atoms with Crippen LogP contribution < -0.4 is 9.62 Å². The van der Waals surface area contributed by atoms with Crippen molar-refractivity contribution in [2.75, 3.05) is 17.1 Å². The van der Waals surface area contributed by atoms with E-state index in [1.165, 1.54) is 11.0 Å². The van der Waals surface area contributed by atoms with Crippen LogP contribution in [0.4, 0.5) is 10.1 Å². The number of nitrogens with zero attached hydrogens (tertiary/aromatic N) is 2. The predicted molar refractivity (Wildman–Crippen MR) is 138 cm³/mol. The highest BCUT2D eigenvalue weighted by Gasteiger charge is 2.31. The van der Waals surface area contributed by atoms with Gasteiger partial charge >= 0.3 is 0 Å². The highest BCUT2D eigenvalue weighted by atomic mass is 127. The SMILES string of the molecule is C[C@H](C(=O)NC1CCCC1)N(Cc1ccccc1F)C(=O)CN(c1ccc(I)cc1)S(C)(=O)=O. The van der Waals surface area contributed by atoms with E-state index in [9.17, 15) is 22.4 Å². The quantitative estimate of drug-likeness (QED) is 0.445. The number of amides is 2. The third-order valence-corrected chi connectivity index (χ3v) is 7.82. The summed E-state index contributed by atoms with van der Waals surface area (Å²) in [7, 11) is -3.80. The molecule has 2 aromatic rings. The zero-order valence-electron chi connectivity index (χ0n) is 19.2. The van der Waals surface area contributed by atoms with Crippen molar-refractivity contribution in [3.63, 3.8) is 0 Å². The molecule has 34 heavy (non-hydrogen) atoms. The molecule has 0 spiro atoms. The van der Waals surface area contributed by atoms with Gasteiger partial charge in [-0.15, -0.1) is 0 Å². The molecular formula is C24H29FIN3O4S. The molecule has 10 heteroatoms. The van der Waals surface area contributed by atoms with Crippen LogP contribution in [-0.2, 0) is 26.2 Å². The van der Waals surface area contributed by atoms with Gasteiger partial charge in [0.15, 0.2) is 0 Å². The van der Waals surface area contributed by atoms with Gasteiger partial charge in [0.1, 0.15) is 18.4 Å². The van der Waals surface area contributed by atoms with Crippen molar-refractivity contribution in [2.45, 2.75) is 51.2 Å². The molecule has 7 nitrogen and oxygen atoms in total. The van der Waals surface area contributed by atoms with Gasteiger partial charge in [0.25, 0.3) is 0 Å². The van der Waals surface area contributed by atoms with E-state index < -0.39 is 34.3 Å². The Labute approximate surface area is 213 Å². The minimum atomic E-state index is -3.80. The Balaban J connectivity index is 1.88. The van der Waals surface area contributed by atoms with Gasteiger partial charge in [0.05, 0.1) is 11.9 Å². The monoisotopic (exact) mass is 601 g/mol. The van der Waals surface area contributed by atoms with E-state index >= 15 is 0 Å². The zero-order valence-corrected chi connectivity index (χ0v) is 22.2. The molecular weight excluding hydrogens is 572 g/mol. The minimum Gasteiger partial charge on any atom is -0.352 e. The first-order valence-electron chi connectivity index (χ1n) is 11.1. The molecule has 184 valence electrons. The molecule has 1 aliphatic carbocycles. The first-order valence-corrected chi connectivity index (χ1v) is 14.1. The summed E-state index contributed by atoms with van der Waals surface area (Å²) in [5.41, 5.74) is 0.585. The molecule has 0 unspecified atom stereocenters. The number of carbonyl (C=O) groups excluding carboxylic acids is 2. The largest absolute Gasteiger partial charge is 0.352 e. The molecule has 1 saturated carbocycles. The first kappa shape index (κ1) is 26.4. The van der Waals surface area contributed by atoms with Crippen molar-refractivity contribution in [3.05, 3.63) is 63.5 Å². The van der Waals surface area contributed by atoms with Gasteiger partial charge in [-0.3, -0.25) is 13.9 Å². The lowest BCUT2D eigenvalue weighted by Gasteiger charge is -2.32. The van der Waals surface area contributed by atoms with E-state index in [-0.39, 0.29) is 24.1 Å². The lowest BCUT2D eigenvalue weighted by Crippen LogP contribution is -2.52. The second-order valence-corrected chi connectivity index (χ2v) is 11.7. The van der Waals surface area contributed by atoms with Crippen molar-refractivity contribution < 1.29 is 22.4 Å². The highest BCUT2D eigenvalue weighted by Crippen LogP contribution is 2.22. The highest BCUT2D eigenvalue weighted by molar-refractivity contribution is 14.1. The van der Waals surface area contributed by atoms with Crippen molar-refractivity contribution in [1.82, 2.24) is 10.2 Å². The van der Waals surface area contributed by atoms with E-state index in [0.717, 1.165) is 39.8 Å². The number of sulfonamides is 1. The summed E-state index contributed by atoms with van der Waals surface area (Å²) in [6.07, 6.45) is 4.87. The van der Waals surface area contributed by atoms with Crippen LogP contribution in [-0.4, -0.2) is 50.0 Å². The molecule has 1 N–H and O–H groups in total. The van der Waals surface area contributed by atoms with Crippen LogP contribution in [0, 0.1) is 9.39 Å².